The molecule has 1 saturated heterocycles. The highest BCUT2D eigenvalue weighted by atomic mass is 16.5. The van der Waals surface area contributed by atoms with Gasteiger partial charge in [-0.25, -0.2) is 0 Å². The maximum absolute atomic E-state index is 11.8. The number of hydrogen-bond donors (Lipinski definition) is 1. The van der Waals surface area contributed by atoms with Crippen LogP contribution in [0.15, 0.2) is 0 Å². The van der Waals surface area contributed by atoms with Crippen LogP contribution in [-0.2, 0) is 9.53 Å². The summed E-state index contributed by atoms with van der Waals surface area (Å²) in [6.45, 7) is 3.14. The zero-order chi connectivity index (χ0) is 10.6. The molecule has 1 fully saturated rings. The number of likely N-dealkylation sites (N-methyl/N-ethyl adjacent to an activating group) is 1. The fourth-order valence-electron chi connectivity index (χ4n) is 1.56. The molecule has 0 aromatic rings. The Balaban J connectivity index is 2.46. The second-order valence-electron chi connectivity index (χ2n) is 3.89. The Morgan fingerprint density at radius 3 is 2.93 bits per heavy atom. The van der Waals surface area contributed by atoms with Gasteiger partial charge in [0, 0.05) is 13.7 Å². The summed E-state index contributed by atoms with van der Waals surface area (Å²) in [5.74, 6) is 0.0778. The van der Waals surface area contributed by atoms with Gasteiger partial charge in [0.2, 0.25) is 5.91 Å². The van der Waals surface area contributed by atoms with Crippen LogP contribution in [0.1, 0.15) is 19.8 Å². The third-order valence-electron chi connectivity index (χ3n) is 2.78. The SMILES string of the molecule is CC(CO)N(C)C(=O)C1CCCOC1. The minimum absolute atomic E-state index is 0.00974. The molecule has 0 spiro atoms. The van der Waals surface area contributed by atoms with Crippen molar-refractivity contribution < 1.29 is 14.6 Å². The molecular weight excluding hydrogens is 182 g/mol. The predicted molar refractivity (Wildman–Crippen MR) is 52.9 cm³/mol. The van der Waals surface area contributed by atoms with E-state index in [9.17, 15) is 4.79 Å². The van der Waals surface area contributed by atoms with E-state index in [4.69, 9.17) is 9.84 Å². The Kier molecular flexibility index (Phi) is 4.35. The zero-order valence-corrected chi connectivity index (χ0v) is 8.90. The van der Waals surface area contributed by atoms with Gasteiger partial charge in [-0.2, -0.15) is 0 Å². The normalized spacial score (nSPS) is 24.4. The minimum Gasteiger partial charge on any atom is -0.394 e. The van der Waals surface area contributed by atoms with Crippen LogP contribution >= 0.6 is 0 Å². The van der Waals surface area contributed by atoms with Crippen LogP contribution in [0.5, 0.6) is 0 Å². The molecule has 14 heavy (non-hydrogen) atoms. The van der Waals surface area contributed by atoms with E-state index < -0.39 is 0 Å². The van der Waals surface area contributed by atoms with Gasteiger partial charge in [-0.05, 0) is 19.8 Å². The number of rotatable bonds is 3. The summed E-state index contributed by atoms with van der Waals surface area (Å²) >= 11 is 0. The van der Waals surface area contributed by atoms with Crippen LogP contribution in [0.2, 0.25) is 0 Å². The quantitative estimate of drug-likeness (QED) is 0.712. The number of hydrogen-bond acceptors (Lipinski definition) is 3. The molecule has 4 nitrogen and oxygen atoms in total. The molecule has 1 aliphatic heterocycles. The number of carbonyl (C=O) groups is 1. The summed E-state index contributed by atoms with van der Waals surface area (Å²) in [5.41, 5.74) is 0. The first-order valence-corrected chi connectivity index (χ1v) is 5.12. The lowest BCUT2D eigenvalue weighted by molar-refractivity contribution is -0.140. The molecule has 1 aliphatic rings. The summed E-state index contributed by atoms with van der Waals surface area (Å²) < 4.78 is 5.26. The van der Waals surface area contributed by atoms with Crippen molar-refractivity contribution in [2.45, 2.75) is 25.8 Å². The first kappa shape index (κ1) is 11.5. The van der Waals surface area contributed by atoms with E-state index in [-0.39, 0.29) is 24.5 Å². The fourth-order valence-corrected chi connectivity index (χ4v) is 1.56. The lowest BCUT2D eigenvalue weighted by atomic mass is 10.0. The van der Waals surface area contributed by atoms with E-state index in [1.807, 2.05) is 6.92 Å². The molecule has 1 rings (SSSR count). The number of amides is 1. The number of aliphatic hydroxyl groups excluding tert-OH is 1. The van der Waals surface area contributed by atoms with Crippen LogP contribution in [0.3, 0.4) is 0 Å². The Morgan fingerprint density at radius 2 is 2.43 bits per heavy atom. The third-order valence-corrected chi connectivity index (χ3v) is 2.78. The molecule has 1 N–H and O–H groups in total. The van der Waals surface area contributed by atoms with Crippen LogP contribution in [0.4, 0.5) is 0 Å². The summed E-state index contributed by atoms with van der Waals surface area (Å²) in [6, 6.07) is -0.107. The summed E-state index contributed by atoms with van der Waals surface area (Å²) in [4.78, 5) is 13.4. The predicted octanol–water partition coefficient (Wildman–Crippen LogP) is 0.252. The van der Waals surface area contributed by atoms with Gasteiger partial charge in [0.05, 0.1) is 25.2 Å². The molecule has 0 aliphatic carbocycles. The third kappa shape index (κ3) is 2.69. The zero-order valence-electron chi connectivity index (χ0n) is 8.90. The van der Waals surface area contributed by atoms with E-state index in [0.29, 0.717) is 6.61 Å². The summed E-state index contributed by atoms with van der Waals surface area (Å²) in [7, 11) is 1.73. The number of ether oxygens (including phenoxy) is 1. The van der Waals surface area contributed by atoms with E-state index in [1.54, 1.807) is 11.9 Å². The van der Waals surface area contributed by atoms with Gasteiger partial charge < -0.3 is 14.7 Å². The summed E-state index contributed by atoms with van der Waals surface area (Å²) in [5, 5.41) is 8.93. The highest BCUT2D eigenvalue weighted by Gasteiger charge is 2.26. The van der Waals surface area contributed by atoms with E-state index in [0.717, 1.165) is 19.4 Å². The lowest BCUT2D eigenvalue weighted by Crippen LogP contribution is -2.43. The van der Waals surface area contributed by atoms with E-state index in [2.05, 4.69) is 0 Å². The van der Waals surface area contributed by atoms with Crippen LogP contribution in [-0.4, -0.2) is 48.8 Å². The smallest absolute Gasteiger partial charge is 0.228 e. The van der Waals surface area contributed by atoms with E-state index >= 15 is 0 Å². The van der Waals surface area contributed by atoms with Gasteiger partial charge in [-0.15, -0.1) is 0 Å². The second-order valence-corrected chi connectivity index (χ2v) is 3.89. The second kappa shape index (κ2) is 5.32. The molecular formula is C10H19NO3. The standard InChI is InChI=1S/C10H19NO3/c1-8(6-12)11(2)10(13)9-4-3-5-14-7-9/h8-9,12H,3-7H2,1-2H3. The summed E-state index contributed by atoms with van der Waals surface area (Å²) in [6.07, 6.45) is 1.86. The van der Waals surface area contributed by atoms with Crippen molar-refractivity contribution in [1.82, 2.24) is 4.90 Å². The van der Waals surface area contributed by atoms with Gasteiger partial charge in [0.25, 0.3) is 0 Å². The Hall–Kier alpha value is -0.610. The van der Waals surface area contributed by atoms with Crippen molar-refractivity contribution >= 4 is 5.91 Å². The molecule has 0 aromatic carbocycles. The van der Waals surface area contributed by atoms with Gasteiger partial charge >= 0.3 is 0 Å². The molecule has 2 atom stereocenters. The molecule has 0 saturated carbocycles. The monoisotopic (exact) mass is 201 g/mol. The van der Waals surface area contributed by atoms with Gasteiger partial charge in [-0.3, -0.25) is 4.79 Å². The maximum Gasteiger partial charge on any atom is 0.228 e. The molecule has 1 amide bonds. The van der Waals surface area contributed by atoms with Crippen LogP contribution in [0.25, 0.3) is 0 Å². The van der Waals surface area contributed by atoms with Crippen molar-refractivity contribution in [2.24, 2.45) is 5.92 Å². The van der Waals surface area contributed by atoms with Gasteiger partial charge in [0.1, 0.15) is 0 Å². The molecule has 2 unspecified atom stereocenters. The Bertz CT molecular complexity index is 186. The van der Waals surface area contributed by atoms with Crippen molar-refractivity contribution in [3.05, 3.63) is 0 Å². The van der Waals surface area contributed by atoms with Crippen molar-refractivity contribution in [1.29, 1.82) is 0 Å². The Labute approximate surface area is 84.8 Å². The number of aliphatic hydroxyl groups is 1. The van der Waals surface area contributed by atoms with Crippen LogP contribution < -0.4 is 0 Å². The van der Waals surface area contributed by atoms with Crippen molar-refractivity contribution in [2.75, 3.05) is 26.9 Å². The molecule has 0 radical (unpaired) electrons. The van der Waals surface area contributed by atoms with Crippen LogP contribution in [0, 0.1) is 5.92 Å². The molecule has 4 heteroatoms. The Morgan fingerprint density at radius 1 is 1.71 bits per heavy atom. The molecule has 0 aromatic heterocycles. The van der Waals surface area contributed by atoms with Crippen molar-refractivity contribution in [3.63, 3.8) is 0 Å². The minimum atomic E-state index is -0.107. The number of carbonyl (C=O) groups excluding carboxylic acids is 1. The number of nitrogens with zero attached hydrogens (tertiary/aromatic N) is 1. The first-order valence-electron chi connectivity index (χ1n) is 5.12. The van der Waals surface area contributed by atoms with E-state index in [1.165, 1.54) is 0 Å². The lowest BCUT2D eigenvalue weighted by Gasteiger charge is -2.29. The maximum atomic E-state index is 11.8. The van der Waals surface area contributed by atoms with Gasteiger partial charge in [0.15, 0.2) is 0 Å². The van der Waals surface area contributed by atoms with Gasteiger partial charge in [-0.1, -0.05) is 0 Å². The van der Waals surface area contributed by atoms with Crippen molar-refractivity contribution in [3.8, 4) is 0 Å². The molecule has 0 bridgehead atoms. The average Bonchev–Trinajstić information content (AvgIpc) is 2.27. The molecule has 1 heterocycles. The highest BCUT2D eigenvalue weighted by Crippen LogP contribution is 2.16. The highest BCUT2D eigenvalue weighted by molar-refractivity contribution is 5.79. The fraction of sp³-hybridized carbons (Fsp3) is 0.900. The largest absolute Gasteiger partial charge is 0.394 e. The first-order chi connectivity index (χ1) is 6.66. The molecule has 82 valence electrons. The average molecular weight is 201 g/mol. The topological polar surface area (TPSA) is 49.8 Å².